The number of amides is 1. The lowest BCUT2D eigenvalue weighted by molar-refractivity contribution is -0.122. The SMILES string of the molecule is CCN1C(=O)/C(=C\c2ccc(OC(C)C)cc2)SC1=Nc1c(C)cccc1C. The summed E-state index contributed by atoms with van der Waals surface area (Å²) in [6.45, 7) is 10.7. The molecular weight excluding hydrogens is 368 g/mol. The molecule has 2 aromatic carbocycles. The van der Waals surface area contributed by atoms with Gasteiger partial charge in [-0.2, -0.15) is 0 Å². The predicted octanol–water partition coefficient (Wildman–Crippen LogP) is 5.71. The van der Waals surface area contributed by atoms with Crippen molar-refractivity contribution in [1.82, 2.24) is 4.90 Å². The molecule has 1 saturated heterocycles. The van der Waals surface area contributed by atoms with E-state index in [1.54, 1.807) is 4.90 Å². The van der Waals surface area contributed by atoms with Crippen molar-refractivity contribution in [2.45, 2.75) is 40.7 Å². The average Bonchev–Trinajstić information content (AvgIpc) is 2.94. The summed E-state index contributed by atoms with van der Waals surface area (Å²) >= 11 is 1.43. The smallest absolute Gasteiger partial charge is 0.266 e. The number of amidine groups is 1. The Morgan fingerprint density at radius 2 is 1.75 bits per heavy atom. The van der Waals surface area contributed by atoms with Crippen LogP contribution in [-0.2, 0) is 4.79 Å². The molecule has 2 aromatic rings. The van der Waals surface area contributed by atoms with Crippen molar-refractivity contribution in [3.63, 3.8) is 0 Å². The molecule has 1 fully saturated rings. The van der Waals surface area contributed by atoms with E-state index < -0.39 is 0 Å². The number of thioether (sulfide) groups is 1. The third-order valence-electron chi connectivity index (χ3n) is 4.40. The van der Waals surface area contributed by atoms with Gasteiger partial charge >= 0.3 is 0 Å². The lowest BCUT2D eigenvalue weighted by Crippen LogP contribution is -2.28. The van der Waals surface area contributed by atoms with Gasteiger partial charge in [-0.05, 0) is 81.3 Å². The van der Waals surface area contributed by atoms with Gasteiger partial charge in [-0.3, -0.25) is 9.69 Å². The maximum absolute atomic E-state index is 12.9. The number of carbonyl (C=O) groups excluding carboxylic acids is 1. The molecule has 0 saturated carbocycles. The number of nitrogens with zero attached hydrogens (tertiary/aromatic N) is 2. The number of hydrogen-bond donors (Lipinski definition) is 0. The van der Waals surface area contributed by atoms with Crippen molar-refractivity contribution in [2.75, 3.05) is 6.54 Å². The summed E-state index contributed by atoms with van der Waals surface area (Å²) in [6.07, 6.45) is 2.06. The Hall–Kier alpha value is -2.53. The van der Waals surface area contributed by atoms with Crippen LogP contribution in [0.3, 0.4) is 0 Å². The third kappa shape index (κ3) is 4.47. The second-order valence-corrected chi connectivity index (χ2v) is 8.04. The third-order valence-corrected chi connectivity index (χ3v) is 5.41. The largest absolute Gasteiger partial charge is 0.491 e. The summed E-state index contributed by atoms with van der Waals surface area (Å²) in [5.74, 6) is 0.829. The fraction of sp³-hybridized carbons (Fsp3) is 0.304. The van der Waals surface area contributed by atoms with Crippen molar-refractivity contribution in [3.05, 3.63) is 64.1 Å². The van der Waals surface area contributed by atoms with Gasteiger partial charge in [-0.15, -0.1) is 0 Å². The number of benzene rings is 2. The Bertz CT molecular complexity index is 910. The van der Waals surface area contributed by atoms with Crippen molar-refractivity contribution < 1.29 is 9.53 Å². The molecule has 1 aliphatic heterocycles. The lowest BCUT2D eigenvalue weighted by Gasteiger charge is -2.13. The van der Waals surface area contributed by atoms with Gasteiger partial charge < -0.3 is 4.74 Å². The lowest BCUT2D eigenvalue weighted by atomic mass is 10.1. The van der Waals surface area contributed by atoms with E-state index >= 15 is 0 Å². The summed E-state index contributed by atoms with van der Waals surface area (Å²) in [4.78, 5) is 20.1. The second-order valence-electron chi connectivity index (χ2n) is 7.03. The summed E-state index contributed by atoms with van der Waals surface area (Å²) in [6, 6.07) is 13.9. The summed E-state index contributed by atoms with van der Waals surface area (Å²) < 4.78 is 5.68. The Morgan fingerprint density at radius 3 is 2.32 bits per heavy atom. The van der Waals surface area contributed by atoms with Crippen LogP contribution < -0.4 is 4.74 Å². The van der Waals surface area contributed by atoms with E-state index in [2.05, 4.69) is 0 Å². The summed E-state index contributed by atoms with van der Waals surface area (Å²) in [5.41, 5.74) is 4.12. The first-order valence-corrected chi connectivity index (χ1v) is 10.3. The fourth-order valence-electron chi connectivity index (χ4n) is 3.01. The molecule has 0 atom stereocenters. The van der Waals surface area contributed by atoms with Gasteiger partial charge in [0.2, 0.25) is 0 Å². The summed E-state index contributed by atoms with van der Waals surface area (Å²) in [7, 11) is 0. The van der Waals surface area contributed by atoms with E-state index in [1.807, 2.05) is 83.2 Å². The first-order valence-electron chi connectivity index (χ1n) is 9.52. The van der Waals surface area contributed by atoms with Gasteiger partial charge in [0.1, 0.15) is 5.75 Å². The van der Waals surface area contributed by atoms with E-state index in [4.69, 9.17) is 9.73 Å². The molecule has 1 aliphatic rings. The maximum atomic E-state index is 12.9. The maximum Gasteiger partial charge on any atom is 0.266 e. The number of likely N-dealkylation sites (N-methyl/N-ethyl adjacent to an activating group) is 1. The number of ether oxygens (including phenoxy) is 1. The predicted molar refractivity (Wildman–Crippen MR) is 118 cm³/mol. The number of carbonyl (C=O) groups is 1. The van der Waals surface area contributed by atoms with Crippen LogP contribution in [0.1, 0.15) is 37.5 Å². The van der Waals surface area contributed by atoms with Crippen molar-refractivity contribution in [3.8, 4) is 5.75 Å². The fourth-order valence-corrected chi connectivity index (χ4v) is 4.06. The van der Waals surface area contributed by atoms with Crippen molar-refractivity contribution >= 4 is 34.6 Å². The Labute approximate surface area is 171 Å². The van der Waals surface area contributed by atoms with E-state index in [0.717, 1.165) is 33.3 Å². The number of hydrogen-bond acceptors (Lipinski definition) is 4. The zero-order chi connectivity index (χ0) is 20.3. The molecule has 4 nitrogen and oxygen atoms in total. The van der Waals surface area contributed by atoms with Crippen LogP contribution in [0.2, 0.25) is 0 Å². The Morgan fingerprint density at radius 1 is 1.11 bits per heavy atom. The number of aliphatic imine (C=N–C) groups is 1. The van der Waals surface area contributed by atoms with Crippen LogP contribution in [0.5, 0.6) is 5.75 Å². The molecule has 1 heterocycles. The molecule has 5 heteroatoms. The van der Waals surface area contributed by atoms with E-state index in [1.165, 1.54) is 11.8 Å². The van der Waals surface area contributed by atoms with Crippen LogP contribution in [0.25, 0.3) is 6.08 Å². The van der Waals surface area contributed by atoms with Gasteiger partial charge in [-0.25, -0.2) is 4.99 Å². The molecule has 0 radical (unpaired) electrons. The highest BCUT2D eigenvalue weighted by molar-refractivity contribution is 8.18. The highest BCUT2D eigenvalue weighted by atomic mass is 32.2. The van der Waals surface area contributed by atoms with Crippen LogP contribution in [-0.4, -0.2) is 28.6 Å². The highest BCUT2D eigenvalue weighted by Gasteiger charge is 2.32. The number of rotatable bonds is 5. The quantitative estimate of drug-likeness (QED) is 0.610. The van der Waals surface area contributed by atoms with Gasteiger partial charge in [-0.1, -0.05) is 30.3 Å². The minimum absolute atomic E-state index is 0.00000538. The Kier molecular flexibility index (Phi) is 6.25. The zero-order valence-electron chi connectivity index (χ0n) is 17.0. The van der Waals surface area contributed by atoms with Crippen LogP contribution in [0, 0.1) is 13.8 Å². The molecule has 3 rings (SSSR count). The average molecular weight is 395 g/mol. The molecule has 1 amide bonds. The standard InChI is InChI=1S/C23H26N2O2S/c1-6-25-22(26)20(14-18-10-12-19(13-11-18)27-15(2)3)28-23(25)24-21-16(4)8-7-9-17(21)5/h7-15H,6H2,1-5H3/b20-14+,24-23?. The first kappa shape index (κ1) is 20.2. The molecule has 0 aliphatic carbocycles. The number of para-hydroxylation sites is 1. The van der Waals surface area contributed by atoms with Crippen molar-refractivity contribution in [1.29, 1.82) is 0 Å². The first-order chi connectivity index (χ1) is 13.4. The monoisotopic (exact) mass is 394 g/mol. The van der Waals surface area contributed by atoms with Gasteiger partial charge in [0.25, 0.3) is 5.91 Å². The molecule has 0 N–H and O–H groups in total. The molecule has 0 unspecified atom stereocenters. The normalized spacial score (nSPS) is 17.2. The van der Waals surface area contributed by atoms with E-state index in [0.29, 0.717) is 11.4 Å². The molecule has 0 spiro atoms. The molecule has 28 heavy (non-hydrogen) atoms. The molecule has 0 bridgehead atoms. The number of aryl methyl sites for hydroxylation is 2. The van der Waals surface area contributed by atoms with E-state index in [-0.39, 0.29) is 12.0 Å². The molecule has 146 valence electrons. The van der Waals surface area contributed by atoms with E-state index in [9.17, 15) is 4.79 Å². The van der Waals surface area contributed by atoms with Crippen molar-refractivity contribution in [2.24, 2.45) is 4.99 Å². The second kappa shape index (κ2) is 8.65. The Balaban J connectivity index is 1.89. The molecule has 0 aromatic heterocycles. The summed E-state index contributed by atoms with van der Waals surface area (Å²) in [5, 5.41) is 0.732. The minimum Gasteiger partial charge on any atom is -0.491 e. The van der Waals surface area contributed by atoms with Crippen LogP contribution in [0.15, 0.2) is 52.4 Å². The van der Waals surface area contributed by atoms with Gasteiger partial charge in [0, 0.05) is 6.54 Å². The zero-order valence-corrected chi connectivity index (χ0v) is 17.8. The van der Waals surface area contributed by atoms with Crippen LogP contribution >= 0.6 is 11.8 Å². The van der Waals surface area contributed by atoms with Gasteiger partial charge in [0.15, 0.2) is 5.17 Å². The van der Waals surface area contributed by atoms with Crippen LogP contribution in [0.4, 0.5) is 5.69 Å². The molecular formula is C23H26N2O2S. The highest BCUT2D eigenvalue weighted by Crippen LogP contribution is 2.35. The topological polar surface area (TPSA) is 41.9 Å². The van der Waals surface area contributed by atoms with Gasteiger partial charge in [0.05, 0.1) is 16.7 Å². The minimum atomic E-state index is -0.00000538.